The summed E-state index contributed by atoms with van der Waals surface area (Å²) in [5, 5.41) is 24.2. The second-order valence-electron chi connectivity index (χ2n) is 7.37. The number of nitrogens with zero attached hydrogens (tertiary/aromatic N) is 1. The summed E-state index contributed by atoms with van der Waals surface area (Å²) in [5.74, 6) is 0. The van der Waals surface area contributed by atoms with Crippen LogP contribution in [0.1, 0.15) is 29.7 Å². The number of hydrogen-bond acceptors (Lipinski definition) is 4. The molecule has 1 amide bonds. The average molecular weight is 480 g/mol. The summed E-state index contributed by atoms with van der Waals surface area (Å²) in [6.07, 6.45) is -3.57. The third-order valence-electron chi connectivity index (χ3n) is 4.63. The van der Waals surface area contributed by atoms with Crippen molar-refractivity contribution in [2.24, 2.45) is 0 Å². The summed E-state index contributed by atoms with van der Waals surface area (Å²) in [4.78, 5) is 10.4. The first-order valence-electron chi connectivity index (χ1n) is 10.4. The molecule has 0 saturated heterocycles. The minimum Gasteiger partial charge on any atom is -0.384 e. The largest absolute Gasteiger partial charge is 0.415 e. The molecule has 3 N–H and O–H groups in total. The molecule has 3 rings (SSSR count). The van der Waals surface area contributed by atoms with E-state index in [4.69, 9.17) is 5.26 Å². The number of amides is 1. The van der Waals surface area contributed by atoms with E-state index in [1.54, 1.807) is 42.5 Å². The first-order chi connectivity index (χ1) is 16.6. The SMILES string of the molecule is C=C(/C=C(/C)Nc1cccc(C#N)c1)C(F)(F)F.O=CNc1cccc(C(O)c2ccccc2)c1. The van der Waals surface area contributed by atoms with Crippen LogP contribution in [0.2, 0.25) is 0 Å². The molecule has 1 atom stereocenters. The van der Waals surface area contributed by atoms with Gasteiger partial charge in [-0.25, -0.2) is 0 Å². The van der Waals surface area contributed by atoms with Crippen LogP contribution in [0, 0.1) is 11.3 Å². The Morgan fingerprint density at radius 2 is 1.63 bits per heavy atom. The number of anilines is 2. The quantitative estimate of drug-likeness (QED) is 0.273. The van der Waals surface area contributed by atoms with Gasteiger partial charge in [0.05, 0.1) is 17.2 Å². The lowest BCUT2D eigenvalue weighted by molar-refractivity contribution is -0.105. The zero-order valence-electron chi connectivity index (χ0n) is 18.9. The number of aliphatic hydroxyl groups is 1. The summed E-state index contributed by atoms with van der Waals surface area (Å²) in [7, 11) is 0. The summed E-state index contributed by atoms with van der Waals surface area (Å²) >= 11 is 0. The Hall–Kier alpha value is -4.35. The topological polar surface area (TPSA) is 85.2 Å². The molecule has 180 valence electrons. The van der Waals surface area contributed by atoms with Gasteiger partial charge in [0.1, 0.15) is 6.10 Å². The molecule has 1 unspecified atom stereocenters. The predicted octanol–water partition coefficient (Wildman–Crippen LogP) is 6.33. The first kappa shape index (κ1) is 26.9. The van der Waals surface area contributed by atoms with Crippen LogP contribution in [0.15, 0.2) is 103 Å². The van der Waals surface area contributed by atoms with Crippen LogP contribution in [0.25, 0.3) is 0 Å². The second-order valence-corrected chi connectivity index (χ2v) is 7.37. The zero-order chi connectivity index (χ0) is 25.8. The van der Waals surface area contributed by atoms with Gasteiger partial charge in [-0.05, 0) is 54.5 Å². The lowest BCUT2D eigenvalue weighted by Crippen LogP contribution is -2.10. The standard InChI is InChI=1S/C14H13NO2.C13H11F3N2/c16-10-15-13-8-4-7-12(9-13)14(17)11-5-2-1-3-6-11;1-9(13(14,15)16)6-10(2)18-12-5-3-4-11(7-12)8-17/h1-10,14,17H,(H,15,16);3-7,18H,1H2,2H3/b;10-6-. The molecule has 0 aromatic heterocycles. The van der Waals surface area contributed by atoms with E-state index in [1.165, 1.54) is 6.92 Å². The fourth-order valence-corrected chi connectivity index (χ4v) is 2.97. The molecule has 0 radical (unpaired) electrons. The van der Waals surface area contributed by atoms with Crippen LogP contribution in [0.4, 0.5) is 24.5 Å². The van der Waals surface area contributed by atoms with Gasteiger partial charge in [-0.3, -0.25) is 4.79 Å². The maximum absolute atomic E-state index is 12.3. The van der Waals surface area contributed by atoms with Gasteiger partial charge in [0, 0.05) is 17.1 Å². The smallest absolute Gasteiger partial charge is 0.384 e. The Morgan fingerprint density at radius 3 is 2.26 bits per heavy atom. The number of alkyl halides is 3. The summed E-state index contributed by atoms with van der Waals surface area (Å²) in [5.41, 5.74) is 2.61. The maximum atomic E-state index is 12.3. The van der Waals surface area contributed by atoms with Crippen LogP contribution in [0.5, 0.6) is 0 Å². The van der Waals surface area contributed by atoms with Gasteiger partial charge in [-0.15, -0.1) is 0 Å². The number of rotatable bonds is 7. The number of halogens is 3. The fraction of sp³-hybridized carbons (Fsp3) is 0.111. The van der Waals surface area contributed by atoms with E-state index in [2.05, 4.69) is 17.2 Å². The van der Waals surface area contributed by atoms with Gasteiger partial charge >= 0.3 is 6.18 Å². The van der Waals surface area contributed by atoms with Crippen LogP contribution >= 0.6 is 0 Å². The Kier molecular flexibility index (Phi) is 9.82. The lowest BCUT2D eigenvalue weighted by atomic mass is 10.0. The average Bonchev–Trinajstić information content (AvgIpc) is 2.84. The van der Waals surface area contributed by atoms with Crippen LogP contribution < -0.4 is 10.6 Å². The molecule has 3 aromatic carbocycles. The monoisotopic (exact) mass is 479 g/mol. The molecule has 8 heteroatoms. The van der Waals surface area contributed by atoms with Crippen LogP contribution in [-0.2, 0) is 4.79 Å². The van der Waals surface area contributed by atoms with Gasteiger partial charge < -0.3 is 15.7 Å². The van der Waals surface area contributed by atoms with E-state index in [-0.39, 0.29) is 0 Å². The maximum Gasteiger partial charge on any atom is 0.415 e. The van der Waals surface area contributed by atoms with Gasteiger partial charge in [0.15, 0.2) is 0 Å². The number of allylic oxidation sites excluding steroid dienone is 3. The Labute approximate surface area is 201 Å². The van der Waals surface area contributed by atoms with Gasteiger partial charge in [0.25, 0.3) is 0 Å². The van der Waals surface area contributed by atoms with Crippen LogP contribution in [-0.4, -0.2) is 17.7 Å². The third-order valence-corrected chi connectivity index (χ3v) is 4.63. The predicted molar refractivity (Wildman–Crippen MR) is 130 cm³/mol. The molecular weight excluding hydrogens is 455 g/mol. The summed E-state index contributed by atoms with van der Waals surface area (Å²) in [6, 6.07) is 25.0. The fourth-order valence-electron chi connectivity index (χ4n) is 2.97. The molecule has 35 heavy (non-hydrogen) atoms. The number of carbonyl (C=O) groups excluding carboxylic acids is 1. The van der Waals surface area contributed by atoms with Gasteiger partial charge in [-0.2, -0.15) is 18.4 Å². The molecule has 0 spiro atoms. The minimum atomic E-state index is -4.43. The number of nitriles is 1. The molecule has 3 aromatic rings. The van der Waals surface area contributed by atoms with Crippen molar-refractivity contribution in [2.45, 2.75) is 19.2 Å². The highest BCUT2D eigenvalue weighted by Crippen LogP contribution is 2.26. The highest BCUT2D eigenvalue weighted by Gasteiger charge is 2.30. The van der Waals surface area contributed by atoms with E-state index in [0.717, 1.165) is 17.2 Å². The van der Waals surface area contributed by atoms with Gasteiger partial charge in [-0.1, -0.05) is 55.1 Å². The van der Waals surface area contributed by atoms with Crippen molar-refractivity contribution in [2.75, 3.05) is 10.6 Å². The molecule has 0 aliphatic carbocycles. The van der Waals surface area contributed by atoms with E-state index in [1.807, 2.05) is 42.5 Å². The number of hydrogen-bond donors (Lipinski definition) is 3. The molecule has 0 fully saturated rings. The molecule has 0 aliphatic rings. The summed E-state index contributed by atoms with van der Waals surface area (Å²) < 4.78 is 36.8. The Bertz CT molecular complexity index is 1220. The van der Waals surface area contributed by atoms with Crippen molar-refractivity contribution < 1.29 is 23.1 Å². The normalized spacial score (nSPS) is 11.8. The Morgan fingerprint density at radius 1 is 1.00 bits per heavy atom. The lowest BCUT2D eigenvalue weighted by Gasteiger charge is -2.12. The van der Waals surface area contributed by atoms with Crippen LogP contribution in [0.3, 0.4) is 0 Å². The highest BCUT2D eigenvalue weighted by atomic mass is 19.4. The number of benzene rings is 3. The number of carbonyl (C=O) groups is 1. The Balaban J connectivity index is 0.000000247. The van der Waals surface area contributed by atoms with Crippen molar-refractivity contribution in [3.8, 4) is 6.07 Å². The van der Waals surface area contributed by atoms with Crippen molar-refractivity contribution in [3.05, 3.63) is 119 Å². The number of nitrogens with one attached hydrogen (secondary N) is 2. The molecule has 0 bridgehead atoms. The third kappa shape index (κ3) is 8.84. The van der Waals surface area contributed by atoms with Crippen molar-refractivity contribution in [1.29, 1.82) is 5.26 Å². The molecule has 5 nitrogen and oxygen atoms in total. The van der Waals surface area contributed by atoms with E-state index in [9.17, 15) is 23.1 Å². The van der Waals surface area contributed by atoms with Crippen molar-refractivity contribution >= 4 is 17.8 Å². The van der Waals surface area contributed by atoms with Crippen molar-refractivity contribution in [3.63, 3.8) is 0 Å². The zero-order valence-corrected chi connectivity index (χ0v) is 18.9. The minimum absolute atomic E-state index is 0.299. The molecule has 0 saturated carbocycles. The van der Waals surface area contributed by atoms with E-state index in [0.29, 0.717) is 29.0 Å². The van der Waals surface area contributed by atoms with Gasteiger partial charge in [0.2, 0.25) is 6.41 Å². The van der Waals surface area contributed by atoms with Crippen molar-refractivity contribution in [1.82, 2.24) is 0 Å². The molecule has 0 heterocycles. The molecular formula is C27H24F3N3O2. The first-order valence-corrected chi connectivity index (χ1v) is 10.4. The molecule has 0 aliphatic heterocycles. The van der Waals surface area contributed by atoms with E-state index < -0.39 is 17.9 Å². The van der Waals surface area contributed by atoms with E-state index >= 15 is 0 Å². The summed E-state index contributed by atoms with van der Waals surface area (Å²) in [6.45, 7) is 4.44. The highest BCUT2D eigenvalue weighted by molar-refractivity contribution is 5.71. The number of aliphatic hydroxyl groups excluding tert-OH is 1. The second kappa shape index (κ2) is 12.8.